The third-order valence-corrected chi connectivity index (χ3v) is 8.70. The van der Waals surface area contributed by atoms with Gasteiger partial charge in [0.25, 0.3) is 0 Å². The van der Waals surface area contributed by atoms with Gasteiger partial charge in [-0.25, -0.2) is 4.57 Å². The van der Waals surface area contributed by atoms with Gasteiger partial charge in [-0.1, -0.05) is 120 Å². The topological polar surface area (TPSA) is 131 Å². The normalized spacial score (nSPS) is 14.0. The van der Waals surface area contributed by atoms with Crippen LogP contribution in [0.1, 0.15) is 155 Å². The Balaban J connectivity index is 3.67. The average molecular weight is 712 g/mol. The number of esters is 1. The highest BCUT2D eigenvalue weighted by molar-refractivity contribution is 7.47. The molecule has 0 aliphatic rings. The molecule has 0 radical (unpaired) electrons. The minimum atomic E-state index is -4.42. The van der Waals surface area contributed by atoms with Crippen LogP contribution in [-0.2, 0) is 27.9 Å². The lowest BCUT2D eigenvalue weighted by molar-refractivity contribution is -0.147. The summed E-state index contributed by atoms with van der Waals surface area (Å²) in [6.45, 7) is 3.40. The van der Waals surface area contributed by atoms with Crippen molar-refractivity contribution in [3.63, 3.8) is 0 Å². The minimum Gasteiger partial charge on any atom is -0.463 e. The molecule has 49 heavy (non-hydrogen) atoms. The number of aliphatic hydroxyl groups is 1. The molecule has 10 heteroatoms. The van der Waals surface area contributed by atoms with Crippen LogP contribution in [0.4, 0.5) is 0 Å². The van der Waals surface area contributed by atoms with E-state index < -0.39 is 26.5 Å². The van der Waals surface area contributed by atoms with Gasteiger partial charge in [-0.05, 0) is 70.6 Å². The lowest BCUT2D eigenvalue weighted by atomic mass is 10.1. The van der Waals surface area contributed by atoms with E-state index in [1.807, 2.05) is 0 Å². The summed E-state index contributed by atoms with van der Waals surface area (Å²) in [5.74, 6) is -0.549. The van der Waals surface area contributed by atoms with Crippen molar-refractivity contribution in [3.8, 4) is 0 Å². The molecule has 0 aliphatic carbocycles. The summed E-state index contributed by atoms with van der Waals surface area (Å²) in [7, 11) is -4.42. The number of hydrogen-bond donors (Lipinski definition) is 3. The van der Waals surface area contributed by atoms with Gasteiger partial charge in [0.15, 0.2) is 0 Å². The van der Waals surface area contributed by atoms with E-state index in [9.17, 15) is 24.2 Å². The fourth-order valence-corrected chi connectivity index (χ4v) is 5.56. The first-order chi connectivity index (χ1) is 23.8. The highest BCUT2D eigenvalue weighted by Crippen LogP contribution is 2.42. The van der Waals surface area contributed by atoms with Gasteiger partial charge in [0, 0.05) is 19.4 Å². The van der Waals surface area contributed by atoms with Gasteiger partial charge in [0.05, 0.1) is 13.2 Å². The van der Waals surface area contributed by atoms with Crippen LogP contribution in [0.3, 0.4) is 0 Å². The summed E-state index contributed by atoms with van der Waals surface area (Å²) in [6.07, 6.45) is 38.9. The second-order valence-corrected chi connectivity index (χ2v) is 14.0. The molecule has 0 spiro atoms. The maximum atomic E-state index is 12.0. The van der Waals surface area contributed by atoms with E-state index in [2.05, 4.69) is 67.8 Å². The Morgan fingerprint density at radius 3 is 1.71 bits per heavy atom. The number of phosphoric ester groups is 1. The van der Waals surface area contributed by atoms with E-state index in [1.54, 1.807) is 0 Å². The van der Waals surface area contributed by atoms with Crippen molar-refractivity contribution in [2.75, 3.05) is 26.4 Å². The maximum absolute atomic E-state index is 12.0. The summed E-state index contributed by atoms with van der Waals surface area (Å²) < 4.78 is 26.7. The molecule has 0 heterocycles. The SMILES string of the molecule is CCC/C=C\C/C=C\CCCCCCCC(=O)OCC(O)COP(=O)(O)OCCNC(=O)CCCCCCC/C=C\C/C=C\CCCCC. The van der Waals surface area contributed by atoms with E-state index in [0.29, 0.717) is 6.42 Å². The summed E-state index contributed by atoms with van der Waals surface area (Å²) in [4.78, 5) is 33.7. The Labute approximate surface area is 298 Å². The number of allylic oxidation sites excluding steroid dienone is 8. The van der Waals surface area contributed by atoms with Crippen LogP contribution in [0.25, 0.3) is 0 Å². The number of aliphatic hydroxyl groups excluding tert-OH is 1. The Kier molecular flexibility index (Phi) is 34.3. The molecule has 9 nitrogen and oxygen atoms in total. The Hall–Kier alpha value is -2.03. The largest absolute Gasteiger partial charge is 0.472 e. The first-order valence-corrected chi connectivity index (χ1v) is 20.6. The molecule has 0 fully saturated rings. The third-order valence-electron chi connectivity index (χ3n) is 7.71. The fourth-order valence-electron chi connectivity index (χ4n) is 4.80. The monoisotopic (exact) mass is 711 g/mol. The molecule has 0 aromatic carbocycles. The van der Waals surface area contributed by atoms with Gasteiger partial charge in [-0.15, -0.1) is 0 Å². The quantitative estimate of drug-likeness (QED) is 0.0256. The molecular formula is C39H70NO8P. The number of amides is 1. The minimum absolute atomic E-state index is 0.0707. The van der Waals surface area contributed by atoms with E-state index in [-0.39, 0.29) is 32.1 Å². The molecule has 2 unspecified atom stereocenters. The van der Waals surface area contributed by atoms with E-state index >= 15 is 0 Å². The number of ether oxygens (including phenoxy) is 1. The lowest BCUT2D eigenvalue weighted by Gasteiger charge is -2.15. The van der Waals surface area contributed by atoms with Crippen LogP contribution >= 0.6 is 7.82 Å². The van der Waals surface area contributed by atoms with Crippen molar-refractivity contribution in [2.24, 2.45) is 0 Å². The van der Waals surface area contributed by atoms with E-state index in [0.717, 1.165) is 96.3 Å². The predicted octanol–water partition coefficient (Wildman–Crippen LogP) is 9.99. The molecule has 2 atom stereocenters. The van der Waals surface area contributed by atoms with Crippen LogP contribution in [-0.4, -0.2) is 54.3 Å². The molecule has 0 saturated carbocycles. The first kappa shape index (κ1) is 47.0. The summed E-state index contributed by atoms with van der Waals surface area (Å²) >= 11 is 0. The van der Waals surface area contributed by atoms with Crippen LogP contribution in [0.2, 0.25) is 0 Å². The summed E-state index contributed by atoms with van der Waals surface area (Å²) in [5.41, 5.74) is 0. The Morgan fingerprint density at radius 1 is 0.633 bits per heavy atom. The number of phosphoric acid groups is 1. The number of carbonyl (C=O) groups excluding carboxylic acids is 2. The summed E-state index contributed by atoms with van der Waals surface area (Å²) in [5, 5.41) is 12.6. The van der Waals surface area contributed by atoms with Crippen molar-refractivity contribution in [1.82, 2.24) is 5.32 Å². The number of carbonyl (C=O) groups is 2. The molecule has 0 rings (SSSR count). The second-order valence-electron chi connectivity index (χ2n) is 12.5. The maximum Gasteiger partial charge on any atom is 0.472 e. The Bertz CT molecular complexity index is 949. The van der Waals surface area contributed by atoms with Crippen molar-refractivity contribution in [3.05, 3.63) is 48.6 Å². The number of unbranched alkanes of at least 4 members (excludes halogenated alkanes) is 14. The molecule has 3 N–H and O–H groups in total. The zero-order chi connectivity index (χ0) is 36.1. The summed E-state index contributed by atoms with van der Waals surface area (Å²) in [6, 6.07) is 0. The zero-order valence-corrected chi connectivity index (χ0v) is 31.8. The first-order valence-electron chi connectivity index (χ1n) is 19.1. The van der Waals surface area contributed by atoms with Gasteiger partial charge >= 0.3 is 13.8 Å². The third kappa shape index (κ3) is 37.1. The van der Waals surface area contributed by atoms with E-state index in [4.69, 9.17) is 13.8 Å². The molecular weight excluding hydrogens is 641 g/mol. The second kappa shape index (κ2) is 35.8. The number of rotatable bonds is 35. The molecule has 0 aromatic rings. The average Bonchev–Trinajstić information content (AvgIpc) is 3.08. The smallest absolute Gasteiger partial charge is 0.463 e. The molecule has 0 aliphatic heterocycles. The van der Waals surface area contributed by atoms with Gasteiger partial charge in [0.2, 0.25) is 5.91 Å². The zero-order valence-electron chi connectivity index (χ0n) is 30.9. The van der Waals surface area contributed by atoms with Crippen molar-refractivity contribution >= 4 is 19.7 Å². The lowest BCUT2D eigenvalue weighted by Crippen LogP contribution is -2.27. The van der Waals surface area contributed by atoms with Crippen LogP contribution < -0.4 is 5.32 Å². The van der Waals surface area contributed by atoms with E-state index in [1.165, 1.54) is 32.1 Å². The van der Waals surface area contributed by atoms with Crippen LogP contribution in [0, 0.1) is 0 Å². The molecule has 284 valence electrons. The van der Waals surface area contributed by atoms with Gasteiger partial charge in [0.1, 0.15) is 12.7 Å². The predicted molar refractivity (Wildman–Crippen MR) is 201 cm³/mol. The molecule has 1 amide bonds. The van der Waals surface area contributed by atoms with Gasteiger partial charge < -0.3 is 20.1 Å². The number of hydrogen-bond acceptors (Lipinski definition) is 7. The molecule has 0 bridgehead atoms. The fraction of sp³-hybridized carbons (Fsp3) is 0.744. The van der Waals surface area contributed by atoms with Crippen LogP contribution in [0.15, 0.2) is 48.6 Å². The standard InChI is InChI=1S/C39H70NO8P/c1-3-5-7-9-11-13-15-17-18-20-21-23-25-27-29-31-38(42)40-33-34-47-49(44,45)48-36-37(41)35-46-39(43)32-30-28-26-24-22-19-16-14-12-10-8-6-4-2/h8,10-11,13-14,16-18,37,41H,3-7,9,12,15,19-36H2,1-2H3,(H,40,42)(H,44,45)/b10-8-,13-11-,16-14-,18-17-. The Morgan fingerprint density at radius 2 is 1.14 bits per heavy atom. The van der Waals surface area contributed by atoms with Crippen molar-refractivity contribution in [2.45, 2.75) is 161 Å². The van der Waals surface area contributed by atoms with Gasteiger partial charge in [-0.3, -0.25) is 18.6 Å². The van der Waals surface area contributed by atoms with Crippen molar-refractivity contribution in [1.29, 1.82) is 0 Å². The molecule has 0 aromatic heterocycles. The highest BCUT2D eigenvalue weighted by Gasteiger charge is 2.23. The van der Waals surface area contributed by atoms with Crippen LogP contribution in [0.5, 0.6) is 0 Å². The number of nitrogens with one attached hydrogen (secondary N) is 1. The van der Waals surface area contributed by atoms with Crippen molar-refractivity contribution < 1.29 is 37.9 Å². The van der Waals surface area contributed by atoms with Gasteiger partial charge in [-0.2, -0.15) is 0 Å². The highest BCUT2D eigenvalue weighted by atomic mass is 31.2. The molecule has 0 saturated heterocycles.